The monoisotopic (exact) mass is 294 g/mol. The minimum absolute atomic E-state index is 0.0190. The third-order valence-electron chi connectivity index (χ3n) is 3.06. The van der Waals surface area contributed by atoms with Crippen LogP contribution in [0.3, 0.4) is 0 Å². The Kier molecular flexibility index (Phi) is 8.47. The zero-order chi connectivity index (χ0) is 15.5. The highest BCUT2D eigenvalue weighted by Gasteiger charge is 2.06. The van der Waals surface area contributed by atoms with Crippen molar-refractivity contribution >= 4 is 17.3 Å². The van der Waals surface area contributed by atoms with E-state index in [1.165, 1.54) is 0 Å². The summed E-state index contributed by atoms with van der Waals surface area (Å²) in [5.74, 6) is -0.0190. The van der Waals surface area contributed by atoms with Crippen LogP contribution in [-0.4, -0.2) is 32.3 Å². The molecule has 3 N–H and O–H groups in total. The second-order valence-corrected chi connectivity index (χ2v) is 4.90. The fraction of sp³-hybridized carbons (Fsp3) is 0.562. The lowest BCUT2D eigenvalue weighted by Crippen LogP contribution is -2.14. The van der Waals surface area contributed by atoms with Crippen molar-refractivity contribution in [1.29, 1.82) is 0 Å². The molecule has 5 nitrogen and oxygen atoms in total. The van der Waals surface area contributed by atoms with Gasteiger partial charge in [0, 0.05) is 31.0 Å². The van der Waals surface area contributed by atoms with E-state index in [4.69, 9.17) is 15.2 Å². The molecule has 5 heteroatoms. The Morgan fingerprint density at radius 1 is 1.19 bits per heavy atom. The maximum Gasteiger partial charge on any atom is 0.224 e. The predicted molar refractivity (Wildman–Crippen MR) is 85.4 cm³/mol. The molecule has 21 heavy (non-hydrogen) atoms. The van der Waals surface area contributed by atoms with E-state index in [-0.39, 0.29) is 5.91 Å². The van der Waals surface area contributed by atoms with Gasteiger partial charge < -0.3 is 20.5 Å². The van der Waals surface area contributed by atoms with Gasteiger partial charge in [-0.05, 0) is 37.5 Å². The number of carbonyl (C=O) groups excluding carboxylic acids is 1. The summed E-state index contributed by atoms with van der Waals surface area (Å²) in [6, 6.07) is 5.50. The van der Waals surface area contributed by atoms with Gasteiger partial charge in [0.15, 0.2) is 0 Å². The van der Waals surface area contributed by atoms with Crippen LogP contribution >= 0.6 is 0 Å². The van der Waals surface area contributed by atoms with Gasteiger partial charge in [0.2, 0.25) is 5.91 Å². The number of carbonyl (C=O) groups is 1. The maximum atomic E-state index is 11.8. The Labute approximate surface area is 126 Å². The van der Waals surface area contributed by atoms with E-state index in [0.29, 0.717) is 38.3 Å². The highest BCUT2D eigenvalue weighted by atomic mass is 16.5. The van der Waals surface area contributed by atoms with Gasteiger partial charge in [0.05, 0.1) is 13.2 Å². The Morgan fingerprint density at radius 2 is 1.90 bits per heavy atom. The van der Waals surface area contributed by atoms with Crippen LogP contribution in [0.25, 0.3) is 0 Å². The first-order chi connectivity index (χ1) is 10.1. The number of nitrogens with two attached hydrogens (primary N) is 1. The molecule has 0 atom stereocenters. The van der Waals surface area contributed by atoms with Gasteiger partial charge in [-0.2, -0.15) is 0 Å². The summed E-state index contributed by atoms with van der Waals surface area (Å²) in [6.07, 6.45) is 2.15. The van der Waals surface area contributed by atoms with E-state index >= 15 is 0 Å². The first-order valence-corrected chi connectivity index (χ1v) is 7.45. The highest BCUT2D eigenvalue weighted by Crippen LogP contribution is 2.20. The van der Waals surface area contributed by atoms with Gasteiger partial charge in [0.25, 0.3) is 0 Å². The summed E-state index contributed by atoms with van der Waals surface area (Å²) in [5.41, 5.74) is 8.16. The molecule has 0 spiro atoms. The SMILES string of the molecule is CCCOCCOCCCC(=O)Nc1cccc(N)c1C. The van der Waals surface area contributed by atoms with Crippen molar-refractivity contribution in [2.24, 2.45) is 0 Å². The number of amides is 1. The molecule has 0 saturated heterocycles. The summed E-state index contributed by atoms with van der Waals surface area (Å²) >= 11 is 0. The molecule has 0 fully saturated rings. The number of ether oxygens (including phenoxy) is 2. The second-order valence-electron chi connectivity index (χ2n) is 4.90. The Bertz CT molecular complexity index is 436. The fourth-order valence-corrected chi connectivity index (χ4v) is 1.80. The lowest BCUT2D eigenvalue weighted by Gasteiger charge is -2.10. The Morgan fingerprint density at radius 3 is 2.62 bits per heavy atom. The minimum Gasteiger partial charge on any atom is -0.398 e. The summed E-state index contributed by atoms with van der Waals surface area (Å²) in [6.45, 7) is 6.49. The minimum atomic E-state index is -0.0190. The van der Waals surface area contributed by atoms with Crippen molar-refractivity contribution in [2.45, 2.75) is 33.1 Å². The smallest absolute Gasteiger partial charge is 0.224 e. The van der Waals surface area contributed by atoms with Gasteiger partial charge in [-0.1, -0.05) is 13.0 Å². The van der Waals surface area contributed by atoms with E-state index < -0.39 is 0 Å². The molecule has 1 aromatic rings. The molecule has 0 bridgehead atoms. The average molecular weight is 294 g/mol. The van der Waals surface area contributed by atoms with E-state index in [9.17, 15) is 4.79 Å². The first-order valence-electron chi connectivity index (χ1n) is 7.45. The third-order valence-corrected chi connectivity index (χ3v) is 3.06. The predicted octanol–water partition coefficient (Wildman–Crippen LogP) is 2.74. The summed E-state index contributed by atoms with van der Waals surface area (Å²) in [4.78, 5) is 11.8. The molecule has 1 amide bonds. The molecule has 1 rings (SSSR count). The molecule has 0 unspecified atom stereocenters. The number of rotatable bonds is 10. The van der Waals surface area contributed by atoms with E-state index in [0.717, 1.165) is 24.3 Å². The van der Waals surface area contributed by atoms with Gasteiger partial charge >= 0.3 is 0 Å². The van der Waals surface area contributed by atoms with Crippen molar-refractivity contribution in [3.05, 3.63) is 23.8 Å². The lowest BCUT2D eigenvalue weighted by atomic mass is 10.1. The Balaban J connectivity index is 2.13. The molecule has 0 aliphatic rings. The molecule has 0 aliphatic carbocycles. The molecule has 1 aromatic carbocycles. The van der Waals surface area contributed by atoms with Crippen LogP contribution in [-0.2, 0) is 14.3 Å². The van der Waals surface area contributed by atoms with E-state index in [1.807, 2.05) is 25.1 Å². The van der Waals surface area contributed by atoms with Gasteiger partial charge in [-0.15, -0.1) is 0 Å². The maximum absolute atomic E-state index is 11.8. The van der Waals surface area contributed by atoms with Crippen molar-refractivity contribution in [2.75, 3.05) is 37.5 Å². The number of hydrogen-bond donors (Lipinski definition) is 2. The molecular weight excluding hydrogens is 268 g/mol. The van der Waals surface area contributed by atoms with Crippen LogP contribution in [0.4, 0.5) is 11.4 Å². The van der Waals surface area contributed by atoms with Crippen molar-refractivity contribution in [3.63, 3.8) is 0 Å². The third kappa shape index (κ3) is 7.11. The van der Waals surface area contributed by atoms with Crippen LogP contribution in [0.2, 0.25) is 0 Å². The molecule has 0 saturated carbocycles. The summed E-state index contributed by atoms with van der Waals surface area (Å²) < 4.78 is 10.7. The quantitative estimate of drug-likeness (QED) is 0.514. The topological polar surface area (TPSA) is 73.6 Å². The molecule has 0 aliphatic heterocycles. The number of nitrogen functional groups attached to an aromatic ring is 1. The molecule has 118 valence electrons. The van der Waals surface area contributed by atoms with Crippen LogP contribution in [0.5, 0.6) is 0 Å². The molecular formula is C16H26N2O3. The number of nitrogens with one attached hydrogen (secondary N) is 1. The standard InChI is InChI=1S/C16H26N2O3/c1-3-9-20-11-12-21-10-5-8-16(19)18-15-7-4-6-14(17)13(15)2/h4,6-7H,3,5,8-12,17H2,1-2H3,(H,18,19). The van der Waals surface area contributed by atoms with Crippen molar-refractivity contribution < 1.29 is 14.3 Å². The van der Waals surface area contributed by atoms with Crippen molar-refractivity contribution in [3.8, 4) is 0 Å². The van der Waals surface area contributed by atoms with E-state index in [1.54, 1.807) is 0 Å². The van der Waals surface area contributed by atoms with Crippen LogP contribution in [0.1, 0.15) is 31.7 Å². The largest absolute Gasteiger partial charge is 0.398 e. The fourth-order valence-electron chi connectivity index (χ4n) is 1.80. The van der Waals surface area contributed by atoms with Gasteiger partial charge in [-0.3, -0.25) is 4.79 Å². The molecule has 0 radical (unpaired) electrons. The Hall–Kier alpha value is -1.59. The zero-order valence-corrected chi connectivity index (χ0v) is 13.0. The summed E-state index contributed by atoms with van der Waals surface area (Å²) in [5, 5.41) is 2.87. The first kappa shape index (κ1) is 17.5. The van der Waals surface area contributed by atoms with Crippen LogP contribution in [0.15, 0.2) is 18.2 Å². The van der Waals surface area contributed by atoms with Crippen molar-refractivity contribution in [1.82, 2.24) is 0 Å². The van der Waals surface area contributed by atoms with Crippen LogP contribution < -0.4 is 11.1 Å². The summed E-state index contributed by atoms with van der Waals surface area (Å²) in [7, 11) is 0. The normalized spacial score (nSPS) is 10.6. The lowest BCUT2D eigenvalue weighted by molar-refractivity contribution is -0.116. The highest BCUT2D eigenvalue weighted by molar-refractivity contribution is 5.92. The molecule has 0 heterocycles. The average Bonchev–Trinajstić information content (AvgIpc) is 2.47. The molecule has 0 aromatic heterocycles. The van der Waals surface area contributed by atoms with Crippen LogP contribution in [0, 0.1) is 6.92 Å². The second kappa shape index (κ2) is 10.2. The number of anilines is 2. The van der Waals surface area contributed by atoms with Gasteiger partial charge in [-0.25, -0.2) is 0 Å². The number of benzene rings is 1. The zero-order valence-electron chi connectivity index (χ0n) is 13.0. The number of hydrogen-bond acceptors (Lipinski definition) is 4. The van der Waals surface area contributed by atoms with E-state index in [2.05, 4.69) is 12.2 Å². The van der Waals surface area contributed by atoms with Gasteiger partial charge in [0.1, 0.15) is 0 Å².